The van der Waals surface area contributed by atoms with Gasteiger partial charge in [0.1, 0.15) is 0 Å². The molecule has 0 saturated carbocycles. The van der Waals surface area contributed by atoms with Gasteiger partial charge < -0.3 is 0 Å². The van der Waals surface area contributed by atoms with Crippen LogP contribution in [0.15, 0.2) is 24.3 Å². The maximum absolute atomic E-state index is 6.13. The molecule has 0 heterocycles. The van der Waals surface area contributed by atoms with E-state index in [2.05, 4.69) is 0 Å². The van der Waals surface area contributed by atoms with Crippen molar-refractivity contribution in [2.45, 2.75) is 0 Å². The van der Waals surface area contributed by atoms with Crippen molar-refractivity contribution in [2.75, 3.05) is 0 Å². The van der Waals surface area contributed by atoms with Gasteiger partial charge in [0, 0.05) is 37.0 Å². The predicted octanol–water partition coefficient (Wildman–Crippen LogP) is 5.20. The summed E-state index contributed by atoms with van der Waals surface area (Å²) in [7, 11) is 0. The first-order valence-electron chi connectivity index (χ1n) is 4.47. The maximum Gasteiger partial charge on any atom is 0.0500 e. The van der Waals surface area contributed by atoms with E-state index in [1.54, 1.807) is 6.07 Å². The highest BCUT2D eigenvalue weighted by molar-refractivity contribution is 6.55. The fourth-order valence-corrected chi connectivity index (χ4v) is 2.82. The zero-order chi connectivity index (χ0) is 10.6. The number of hydrogen-bond acceptors (Lipinski definition) is 0. The van der Waals surface area contributed by atoms with Crippen LogP contribution in [0.5, 0.6) is 0 Å². The molecule has 2 aromatic carbocycles. The van der Waals surface area contributed by atoms with Crippen molar-refractivity contribution in [3.8, 4) is 0 Å². The van der Waals surface area contributed by atoms with Gasteiger partial charge in [-0.15, -0.1) is 0 Å². The van der Waals surface area contributed by atoms with E-state index in [0.717, 1.165) is 26.9 Å². The molecule has 3 heteroatoms. The smallest absolute Gasteiger partial charge is 0.0500 e. The Hall–Kier alpha value is -0.690. The Morgan fingerprint density at radius 2 is 1.73 bits per heavy atom. The molecule has 1 aliphatic rings. The molecule has 0 aliphatic heterocycles. The first kappa shape index (κ1) is 9.53. The zero-order valence-corrected chi connectivity index (χ0v) is 9.79. The second-order valence-corrected chi connectivity index (χ2v) is 4.70. The van der Waals surface area contributed by atoms with Gasteiger partial charge in [0.2, 0.25) is 0 Å². The summed E-state index contributed by atoms with van der Waals surface area (Å²) in [6.07, 6.45) is 1.89. The Balaban J connectivity index is 2.61. The first-order chi connectivity index (χ1) is 7.18. The number of rotatable bonds is 0. The largest absolute Gasteiger partial charge is 0.0836 e. The second kappa shape index (κ2) is 3.15. The van der Waals surface area contributed by atoms with Crippen LogP contribution in [-0.2, 0) is 0 Å². The summed E-state index contributed by atoms with van der Waals surface area (Å²) in [6.45, 7) is 0. The van der Waals surface area contributed by atoms with E-state index in [4.69, 9.17) is 34.8 Å². The van der Waals surface area contributed by atoms with Crippen LogP contribution >= 0.6 is 34.8 Å². The molecule has 0 nitrogen and oxygen atoms in total. The fraction of sp³-hybridized carbons (Fsp3) is 0. The quantitative estimate of drug-likeness (QED) is 0.607. The minimum absolute atomic E-state index is 0.649. The number of hydrogen-bond donors (Lipinski definition) is 0. The third-order valence-corrected chi connectivity index (χ3v) is 3.57. The molecule has 74 valence electrons. The average molecular weight is 256 g/mol. The SMILES string of the molecule is ClC1=Cc2c(Cl)cc(Cl)c3cccc1c23. The molecular weight excluding hydrogens is 250 g/mol. The molecule has 3 rings (SSSR count). The highest BCUT2D eigenvalue weighted by Crippen LogP contribution is 2.44. The van der Waals surface area contributed by atoms with Crippen LogP contribution in [-0.4, -0.2) is 0 Å². The molecule has 0 amide bonds. The van der Waals surface area contributed by atoms with Gasteiger partial charge in [0.15, 0.2) is 0 Å². The third-order valence-electron chi connectivity index (χ3n) is 2.63. The van der Waals surface area contributed by atoms with E-state index >= 15 is 0 Å². The summed E-state index contributed by atoms with van der Waals surface area (Å²) in [6, 6.07) is 7.66. The Morgan fingerprint density at radius 1 is 0.933 bits per heavy atom. The molecule has 0 spiro atoms. The Bertz CT molecular complexity index is 612. The van der Waals surface area contributed by atoms with Crippen LogP contribution in [0.2, 0.25) is 10.0 Å². The van der Waals surface area contributed by atoms with Gasteiger partial charge in [-0.25, -0.2) is 0 Å². The maximum atomic E-state index is 6.13. The van der Waals surface area contributed by atoms with Crippen molar-refractivity contribution in [3.63, 3.8) is 0 Å². The molecule has 0 N–H and O–H groups in total. The molecule has 0 aromatic heterocycles. The highest BCUT2D eigenvalue weighted by atomic mass is 35.5. The van der Waals surface area contributed by atoms with Crippen molar-refractivity contribution in [1.82, 2.24) is 0 Å². The molecule has 0 bridgehead atoms. The van der Waals surface area contributed by atoms with Gasteiger partial charge in [-0.05, 0) is 12.1 Å². The lowest BCUT2D eigenvalue weighted by molar-refractivity contribution is 1.71. The Labute approximate surface area is 102 Å². The lowest BCUT2D eigenvalue weighted by atomic mass is 10.0. The molecule has 1 aliphatic carbocycles. The molecule has 15 heavy (non-hydrogen) atoms. The summed E-state index contributed by atoms with van der Waals surface area (Å²) in [5.74, 6) is 0. The van der Waals surface area contributed by atoms with Crippen molar-refractivity contribution in [1.29, 1.82) is 0 Å². The molecule has 0 fully saturated rings. The standard InChI is InChI=1S/C12H5Cl3/c13-9-4-8-11(15)5-10(14)7-3-1-2-6(9)12(7)8/h1-5H. The topological polar surface area (TPSA) is 0 Å². The van der Waals surface area contributed by atoms with Crippen LogP contribution < -0.4 is 0 Å². The molecule has 0 saturated heterocycles. The van der Waals surface area contributed by atoms with E-state index in [1.165, 1.54) is 0 Å². The van der Waals surface area contributed by atoms with Crippen molar-refractivity contribution in [3.05, 3.63) is 45.4 Å². The van der Waals surface area contributed by atoms with Crippen molar-refractivity contribution in [2.24, 2.45) is 0 Å². The van der Waals surface area contributed by atoms with Crippen molar-refractivity contribution >= 4 is 56.7 Å². The Kier molecular flexibility index (Phi) is 2.00. The van der Waals surface area contributed by atoms with Crippen LogP contribution in [0.25, 0.3) is 21.9 Å². The minimum atomic E-state index is 0.649. The lowest BCUT2D eigenvalue weighted by Crippen LogP contribution is -1.81. The van der Waals surface area contributed by atoms with Gasteiger partial charge in [-0.1, -0.05) is 53.0 Å². The lowest BCUT2D eigenvalue weighted by Gasteiger charge is -2.05. The van der Waals surface area contributed by atoms with E-state index in [9.17, 15) is 0 Å². The summed E-state index contributed by atoms with van der Waals surface area (Å²) < 4.78 is 0. The van der Waals surface area contributed by atoms with Crippen molar-refractivity contribution < 1.29 is 0 Å². The summed E-state index contributed by atoms with van der Waals surface area (Å²) in [5.41, 5.74) is 1.98. The molecule has 0 radical (unpaired) electrons. The number of benzene rings is 2. The van der Waals surface area contributed by atoms with Crippen LogP contribution in [0.3, 0.4) is 0 Å². The highest BCUT2D eigenvalue weighted by Gasteiger charge is 2.18. The summed E-state index contributed by atoms with van der Waals surface area (Å²) >= 11 is 18.4. The van der Waals surface area contributed by atoms with Gasteiger partial charge >= 0.3 is 0 Å². The summed E-state index contributed by atoms with van der Waals surface area (Å²) in [4.78, 5) is 0. The van der Waals surface area contributed by atoms with Crippen LogP contribution in [0.4, 0.5) is 0 Å². The summed E-state index contributed by atoms with van der Waals surface area (Å²) in [5, 5.41) is 4.09. The van der Waals surface area contributed by atoms with Crippen LogP contribution in [0.1, 0.15) is 11.1 Å². The van der Waals surface area contributed by atoms with Gasteiger partial charge in [0.05, 0.1) is 0 Å². The van der Waals surface area contributed by atoms with E-state index in [0.29, 0.717) is 10.0 Å². The molecule has 0 unspecified atom stereocenters. The first-order valence-corrected chi connectivity index (χ1v) is 5.60. The normalized spacial score (nSPS) is 13.4. The molecule has 0 atom stereocenters. The van der Waals surface area contributed by atoms with Crippen LogP contribution in [0, 0.1) is 0 Å². The Morgan fingerprint density at radius 3 is 2.53 bits per heavy atom. The van der Waals surface area contributed by atoms with Gasteiger partial charge in [-0.2, -0.15) is 0 Å². The van der Waals surface area contributed by atoms with Gasteiger partial charge in [-0.3, -0.25) is 0 Å². The minimum Gasteiger partial charge on any atom is -0.0836 e. The van der Waals surface area contributed by atoms with E-state index in [1.807, 2.05) is 24.3 Å². The van der Waals surface area contributed by atoms with Gasteiger partial charge in [0.25, 0.3) is 0 Å². The van der Waals surface area contributed by atoms with E-state index in [-0.39, 0.29) is 0 Å². The monoisotopic (exact) mass is 254 g/mol. The molecule has 2 aromatic rings. The molecular formula is C12H5Cl3. The second-order valence-electron chi connectivity index (χ2n) is 3.47. The fourth-order valence-electron chi connectivity index (χ4n) is 1.97. The average Bonchev–Trinajstić information content (AvgIpc) is 2.55. The predicted molar refractivity (Wildman–Crippen MR) is 67.7 cm³/mol. The van der Waals surface area contributed by atoms with E-state index < -0.39 is 0 Å². The zero-order valence-electron chi connectivity index (χ0n) is 7.52. The third kappa shape index (κ3) is 1.22. The number of halogens is 3.